The molecule has 1 fully saturated rings. The van der Waals surface area contributed by atoms with E-state index in [1.807, 2.05) is 11.8 Å². The van der Waals surface area contributed by atoms with E-state index in [4.69, 9.17) is 5.73 Å². The summed E-state index contributed by atoms with van der Waals surface area (Å²) in [7, 11) is 0. The quantitative estimate of drug-likeness (QED) is 0.724. The van der Waals surface area contributed by atoms with Crippen molar-refractivity contribution >= 4 is 17.7 Å². The first-order chi connectivity index (χ1) is 7.24. The Hall–Kier alpha value is -0.220. The summed E-state index contributed by atoms with van der Waals surface area (Å²) in [5.74, 6) is 3.12. The Morgan fingerprint density at radius 1 is 1.67 bits per heavy atom. The van der Waals surface area contributed by atoms with Crippen LogP contribution in [0.1, 0.15) is 32.6 Å². The molecule has 0 aromatic rings. The Kier molecular flexibility index (Phi) is 6.10. The van der Waals surface area contributed by atoms with Gasteiger partial charge in [-0.1, -0.05) is 19.8 Å². The van der Waals surface area contributed by atoms with Crippen molar-refractivity contribution in [3.8, 4) is 0 Å². The molecule has 15 heavy (non-hydrogen) atoms. The number of amides is 1. The molecule has 1 rings (SSSR count). The van der Waals surface area contributed by atoms with E-state index in [1.54, 1.807) is 0 Å². The molecular weight excluding hydrogens is 208 g/mol. The van der Waals surface area contributed by atoms with Gasteiger partial charge in [0.25, 0.3) is 0 Å². The number of nitrogens with one attached hydrogen (secondary N) is 1. The molecule has 0 bridgehead atoms. The van der Waals surface area contributed by atoms with Crippen molar-refractivity contribution in [1.82, 2.24) is 5.32 Å². The second-order valence-corrected chi connectivity index (χ2v) is 5.37. The lowest BCUT2D eigenvalue weighted by molar-refractivity contribution is -0.122. The zero-order chi connectivity index (χ0) is 11.1. The van der Waals surface area contributed by atoms with E-state index >= 15 is 0 Å². The lowest BCUT2D eigenvalue weighted by Gasteiger charge is -2.14. The fraction of sp³-hybridized carbons (Fsp3) is 0.909. The van der Waals surface area contributed by atoms with Gasteiger partial charge < -0.3 is 11.1 Å². The molecule has 0 radical (unpaired) electrons. The number of unbranched alkanes of at least 4 members (excludes halogenated alkanes) is 1. The summed E-state index contributed by atoms with van der Waals surface area (Å²) >= 11 is 1.97. The molecule has 1 amide bonds. The third-order valence-corrected chi connectivity index (χ3v) is 4.03. The van der Waals surface area contributed by atoms with Crippen molar-refractivity contribution in [3.05, 3.63) is 0 Å². The highest BCUT2D eigenvalue weighted by Gasteiger charge is 2.18. The maximum atomic E-state index is 11.6. The van der Waals surface area contributed by atoms with Crippen LogP contribution >= 0.6 is 11.8 Å². The summed E-state index contributed by atoms with van der Waals surface area (Å²) in [6, 6.07) is -0.306. The van der Waals surface area contributed by atoms with Gasteiger partial charge in [0.15, 0.2) is 0 Å². The molecule has 88 valence electrons. The molecule has 1 saturated heterocycles. The molecule has 1 unspecified atom stereocenters. The maximum Gasteiger partial charge on any atom is 0.236 e. The summed E-state index contributed by atoms with van der Waals surface area (Å²) in [5, 5.41) is 2.96. The van der Waals surface area contributed by atoms with Gasteiger partial charge in [-0.15, -0.1) is 0 Å². The third-order valence-electron chi connectivity index (χ3n) is 2.79. The van der Waals surface area contributed by atoms with Gasteiger partial charge in [-0.05, 0) is 30.3 Å². The lowest BCUT2D eigenvalue weighted by Crippen LogP contribution is -2.42. The van der Waals surface area contributed by atoms with Crippen molar-refractivity contribution in [1.29, 1.82) is 0 Å². The molecule has 2 atom stereocenters. The van der Waals surface area contributed by atoms with Crippen LogP contribution in [0.5, 0.6) is 0 Å². The Balaban J connectivity index is 2.11. The van der Waals surface area contributed by atoms with Gasteiger partial charge >= 0.3 is 0 Å². The van der Waals surface area contributed by atoms with Gasteiger partial charge in [0, 0.05) is 6.54 Å². The smallest absolute Gasteiger partial charge is 0.236 e. The molecule has 0 aromatic heterocycles. The predicted octanol–water partition coefficient (Wildman–Crippen LogP) is 1.37. The van der Waals surface area contributed by atoms with Crippen molar-refractivity contribution < 1.29 is 4.79 Å². The van der Waals surface area contributed by atoms with Gasteiger partial charge in [-0.2, -0.15) is 11.8 Å². The Bertz CT molecular complexity index is 193. The molecule has 3 nitrogen and oxygen atoms in total. The topological polar surface area (TPSA) is 55.1 Å². The molecular formula is C11H22N2OS. The standard InChI is InChI=1S/C11H22N2OS/c1-2-3-4-10(12)11(14)13-7-9-5-6-15-8-9/h9-10H,2-8,12H2,1H3,(H,13,14)/t9?,10-/m0/s1. The largest absolute Gasteiger partial charge is 0.354 e. The van der Waals surface area contributed by atoms with E-state index in [0.717, 1.165) is 25.8 Å². The van der Waals surface area contributed by atoms with Crippen molar-refractivity contribution in [2.24, 2.45) is 11.7 Å². The number of carbonyl (C=O) groups is 1. The highest BCUT2D eigenvalue weighted by molar-refractivity contribution is 7.99. The molecule has 1 aliphatic rings. The third kappa shape index (κ3) is 4.89. The van der Waals surface area contributed by atoms with Gasteiger partial charge in [-0.25, -0.2) is 0 Å². The monoisotopic (exact) mass is 230 g/mol. The van der Waals surface area contributed by atoms with E-state index in [9.17, 15) is 4.79 Å². The molecule has 4 heteroatoms. The summed E-state index contributed by atoms with van der Waals surface area (Å²) in [6.07, 6.45) is 4.17. The summed E-state index contributed by atoms with van der Waals surface area (Å²) < 4.78 is 0. The lowest BCUT2D eigenvalue weighted by atomic mass is 10.1. The Morgan fingerprint density at radius 2 is 2.47 bits per heavy atom. The average molecular weight is 230 g/mol. The van der Waals surface area contributed by atoms with E-state index in [2.05, 4.69) is 12.2 Å². The zero-order valence-corrected chi connectivity index (χ0v) is 10.3. The number of hydrogen-bond donors (Lipinski definition) is 2. The first kappa shape index (κ1) is 12.8. The molecule has 0 aromatic carbocycles. The van der Waals surface area contributed by atoms with Gasteiger partial charge in [0.2, 0.25) is 5.91 Å². The van der Waals surface area contributed by atoms with Crippen molar-refractivity contribution in [3.63, 3.8) is 0 Å². The number of thioether (sulfide) groups is 1. The Morgan fingerprint density at radius 3 is 3.07 bits per heavy atom. The minimum Gasteiger partial charge on any atom is -0.354 e. The fourth-order valence-corrected chi connectivity index (χ4v) is 2.96. The van der Waals surface area contributed by atoms with Crippen LogP contribution < -0.4 is 11.1 Å². The summed E-state index contributed by atoms with van der Waals surface area (Å²) in [4.78, 5) is 11.6. The second-order valence-electron chi connectivity index (χ2n) is 4.22. The highest BCUT2D eigenvalue weighted by Crippen LogP contribution is 2.22. The number of nitrogens with two attached hydrogens (primary N) is 1. The number of hydrogen-bond acceptors (Lipinski definition) is 3. The highest BCUT2D eigenvalue weighted by atomic mass is 32.2. The predicted molar refractivity (Wildman–Crippen MR) is 65.9 cm³/mol. The minimum atomic E-state index is -0.306. The van der Waals surface area contributed by atoms with Crippen LogP contribution in [0.3, 0.4) is 0 Å². The van der Waals surface area contributed by atoms with Crippen LogP contribution in [-0.4, -0.2) is 30.0 Å². The van der Waals surface area contributed by atoms with E-state index < -0.39 is 0 Å². The van der Waals surface area contributed by atoms with Crippen LogP contribution in [0, 0.1) is 5.92 Å². The number of rotatable bonds is 6. The van der Waals surface area contributed by atoms with Crippen LogP contribution in [0.15, 0.2) is 0 Å². The molecule has 3 N–H and O–H groups in total. The van der Waals surface area contributed by atoms with Crippen molar-refractivity contribution in [2.75, 3.05) is 18.1 Å². The van der Waals surface area contributed by atoms with E-state index in [0.29, 0.717) is 5.92 Å². The fourth-order valence-electron chi connectivity index (χ4n) is 1.68. The normalized spacial score (nSPS) is 22.7. The molecule has 0 aliphatic carbocycles. The molecule has 1 aliphatic heterocycles. The van der Waals surface area contributed by atoms with Gasteiger partial charge in [0.05, 0.1) is 6.04 Å². The van der Waals surface area contributed by atoms with Gasteiger partial charge in [0.1, 0.15) is 0 Å². The Labute approximate surface area is 96.6 Å². The molecule has 1 heterocycles. The molecule has 0 saturated carbocycles. The van der Waals surface area contributed by atoms with E-state index in [-0.39, 0.29) is 11.9 Å². The summed E-state index contributed by atoms with van der Waals surface area (Å²) in [5.41, 5.74) is 5.77. The SMILES string of the molecule is CCCC[C@H](N)C(=O)NCC1CCSC1. The average Bonchev–Trinajstić information content (AvgIpc) is 2.75. The van der Waals surface area contributed by atoms with Gasteiger partial charge in [-0.3, -0.25) is 4.79 Å². The number of carbonyl (C=O) groups excluding carboxylic acids is 1. The van der Waals surface area contributed by atoms with Crippen LogP contribution in [0.25, 0.3) is 0 Å². The first-order valence-corrected chi connectivity index (χ1v) is 7.00. The van der Waals surface area contributed by atoms with Crippen LogP contribution in [0.2, 0.25) is 0 Å². The molecule has 0 spiro atoms. The summed E-state index contributed by atoms with van der Waals surface area (Å²) in [6.45, 7) is 2.92. The first-order valence-electron chi connectivity index (χ1n) is 5.85. The maximum absolute atomic E-state index is 11.6. The van der Waals surface area contributed by atoms with E-state index in [1.165, 1.54) is 17.9 Å². The second kappa shape index (κ2) is 7.12. The van der Waals surface area contributed by atoms with Crippen molar-refractivity contribution in [2.45, 2.75) is 38.6 Å². The minimum absolute atomic E-state index is 0.0281. The van der Waals surface area contributed by atoms with Crippen LogP contribution in [0.4, 0.5) is 0 Å². The van der Waals surface area contributed by atoms with Crippen LogP contribution in [-0.2, 0) is 4.79 Å². The zero-order valence-electron chi connectivity index (χ0n) is 9.50.